The summed E-state index contributed by atoms with van der Waals surface area (Å²) in [5.74, 6) is -0.822. The summed E-state index contributed by atoms with van der Waals surface area (Å²) in [6.45, 7) is 6.81. The van der Waals surface area contributed by atoms with Crippen molar-refractivity contribution in [3.8, 4) is 0 Å². The Balaban J connectivity index is 2.07. The molecule has 0 saturated carbocycles. The topological polar surface area (TPSA) is 72.9 Å². The van der Waals surface area contributed by atoms with Crippen molar-refractivity contribution in [3.63, 3.8) is 0 Å². The third-order valence-corrected chi connectivity index (χ3v) is 4.89. The van der Waals surface area contributed by atoms with Gasteiger partial charge in [0.2, 0.25) is 5.78 Å². The van der Waals surface area contributed by atoms with E-state index in [2.05, 4.69) is 15.9 Å². The number of Topliss-reactive ketones (excluding diaryl/α,β-unsaturated/α-hetero) is 1. The van der Waals surface area contributed by atoms with E-state index >= 15 is 0 Å². The standard InChI is InChI=1S/C20H26BrNO5/c1-12(22(5)19(25)27-20(2,3)4)18(24)26-16-8-6-7-13-11-14(21)9-10-15(13)17(16)23/h9-12,16H,6-8H2,1-5H3/t12-,16?/m0/s1. The maximum atomic E-state index is 12.8. The van der Waals surface area contributed by atoms with Crippen molar-refractivity contribution in [2.75, 3.05) is 7.05 Å². The molecule has 0 heterocycles. The molecule has 1 aliphatic carbocycles. The highest BCUT2D eigenvalue weighted by molar-refractivity contribution is 9.10. The van der Waals surface area contributed by atoms with E-state index in [1.165, 1.54) is 11.9 Å². The van der Waals surface area contributed by atoms with Crippen LogP contribution in [0, 0.1) is 0 Å². The molecule has 0 aromatic heterocycles. The summed E-state index contributed by atoms with van der Waals surface area (Å²) in [7, 11) is 1.47. The lowest BCUT2D eigenvalue weighted by atomic mass is 10.0. The van der Waals surface area contributed by atoms with Gasteiger partial charge in [-0.05, 0) is 70.7 Å². The number of benzene rings is 1. The van der Waals surface area contributed by atoms with E-state index in [4.69, 9.17) is 9.47 Å². The van der Waals surface area contributed by atoms with Crippen LogP contribution in [-0.2, 0) is 20.7 Å². The van der Waals surface area contributed by atoms with Crippen molar-refractivity contribution in [3.05, 3.63) is 33.8 Å². The summed E-state index contributed by atoms with van der Waals surface area (Å²) in [6.07, 6.45) is 0.495. The van der Waals surface area contributed by atoms with E-state index < -0.39 is 29.8 Å². The van der Waals surface area contributed by atoms with Crippen LogP contribution in [0.15, 0.2) is 22.7 Å². The highest BCUT2D eigenvalue weighted by Crippen LogP contribution is 2.26. The molecule has 2 atom stereocenters. The van der Waals surface area contributed by atoms with Gasteiger partial charge in [-0.3, -0.25) is 9.69 Å². The van der Waals surface area contributed by atoms with Crippen LogP contribution < -0.4 is 0 Å². The van der Waals surface area contributed by atoms with Gasteiger partial charge in [-0.15, -0.1) is 0 Å². The van der Waals surface area contributed by atoms with E-state index in [1.807, 2.05) is 6.07 Å². The van der Waals surface area contributed by atoms with Crippen molar-refractivity contribution in [1.82, 2.24) is 4.90 Å². The quantitative estimate of drug-likeness (QED) is 0.522. The Morgan fingerprint density at radius 1 is 1.30 bits per heavy atom. The van der Waals surface area contributed by atoms with E-state index in [9.17, 15) is 14.4 Å². The van der Waals surface area contributed by atoms with Gasteiger partial charge in [-0.25, -0.2) is 9.59 Å². The number of amides is 1. The summed E-state index contributed by atoms with van der Waals surface area (Å²) >= 11 is 3.41. The predicted octanol–water partition coefficient (Wildman–Crippen LogP) is 4.14. The molecule has 148 valence electrons. The molecule has 0 radical (unpaired) electrons. The highest BCUT2D eigenvalue weighted by Gasteiger charge is 2.33. The number of ether oxygens (including phenoxy) is 2. The van der Waals surface area contributed by atoms with E-state index in [1.54, 1.807) is 39.8 Å². The monoisotopic (exact) mass is 439 g/mol. The maximum absolute atomic E-state index is 12.8. The van der Waals surface area contributed by atoms with Crippen LogP contribution >= 0.6 is 15.9 Å². The first-order valence-electron chi connectivity index (χ1n) is 8.98. The first-order valence-corrected chi connectivity index (χ1v) is 9.78. The Morgan fingerprint density at radius 3 is 2.59 bits per heavy atom. The Labute approximate surface area is 168 Å². The number of ketones is 1. The van der Waals surface area contributed by atoms with Gasteiger partial charge in [0.25, 0.3) is 0 Å². The van der Waals surface area contributed by atoms with Gasteiger partial charge in [-0.2, -0.15) is 0 Å². The number of carbonyl (C=O) groups excluding carboxylic acids is 3. The molecule has 0 spiro atoms. The van der Waals surface area contributed by atoms with E-state index in [0.29, 0.717) is 12.0 Å². The number of nitrogens with zero attached hydrogens (tertiary/aromatic N) is 1. The molecule has 0 fully saturated rings. The molecule has 6 nitrogen and oxygen atoms in total. The van der Waals surface area contributed by atoms with Crippen molar-refractivity contribution in [1.29, 1.82) is 0 Å². The lowest BCUT2D eigenvalue weighted by Gasteiger charge is -2.28. The van der Waals surface area contributed by atoms with E-state index in [0.717, 1.165) is 22.9 Å². The smallest absolute Gasteiger partial charge is 0.410 e. The molecular weight excluding hydrogens is 414 g/mol. The SMILES string of the molecule is C[C@@H](C(=O)OC1CCCc2cc(Br)ccc2C1=O)N(C)C(=O)OC(C)(C)C. The molecule has 7 heteroatoms. The van der Waals surface area contributed by atoms with Gasteiger partial charge in [0.05, 0.1) is 0 Å². The van der Waals surface area contributed by atoms with Crippen LogP contribution in [0.4, 0.5) is 4.79 Å². The minimum absolute atomic E-state index is 0.199. The maximum Gasteiger partial charge on any atom is 0.410 e. The summed E-state index contributed by atoms with van der Waals surface area (Å²) in [6, 6.07) is 4.63. The molecule has 1 aliphatic rings. The third-order valence-electron chi connectivity index (χ3n) is 4.40. The number of likely N-dealkylation sites (N-methyl/N-ethyl adjacent to an activating group) is 1. The molecular formula is C20H26BrNO5. The molecule has 1 unspecified atom stereocenters. The van der Waals surface area contributed by atoms with Gasteiger partial charge >= 0.3 is 12.1 Å². The minimum atomic E-state index is -0.861. The molecule has 1 amide bonds. The molecule has 27 heavy (non-hydrogen) atoms. The van der Waals surface area contributed by atoms with Crippen molar-refractivity contribution in [2.45, 2.75) is 64.7 Å². The molecule has 2 rings (SSSR count). The molecule has 0 N–H and O–H groups in total. The number of halogens is 1. The van der Waals surface area contributed by atoms with Crippen LogP contribution in [-0.4, -0.2) is 47.5 Å². The summed E-state index contributed by atoms with van der Waals surface area (Å²) in [5.41, 5.74) is 0.873. The number of rotatable bonds is 3. The summed E-state index contributed by atoms with van der Waals surface area (Å²) in [5, 5.41) is 0. The Morgan fingerprint density at radius 2 is 1.96 bits per heavy atom. The number of aryl methyl sites for hydroxylation is 1. The van der Waals surface area contributed by atoms with Crippen LogP contribution in [0.2, 0.25) is 0 Å². The molecule has 0 saturated heterocycles. The van der Waals surface area contributed by atoms with Gasteiger partial charge in [0.1, 0.15) is 11.6 Å². The Bertz CT molecular complexity index is 740. The van der Waals surface area contributed by atoms with E-state index in [-0.39, 0.29) is 5.78 Å². The first kappa shape index (κ1) is 21.4. The normalized spacial score (nSPS) is 18.1. The lowest BCUT2D eigenvalue weighted by Crippen LogP contribution is -2.45. The number of hydrogen-bond donors (Lipinski definition) is 0. The molecule has 0 bridgehead atoms. The van der Waals surface area contributed by atoms with Crippen LogP contribution in [0.1, 0.15) is 56.5 Å². The van der Waals surface area contributed by atoms with Crippen LogP contribution in [0.3, 0.4) is 0 Å². The molecule has 1 aromatic carbocycles. The first-order chi connectivity index (χ1) is 12.5. The fourth-order valence-electron chi connectivity index (χ4n) is 2.79. The fraction of sp³-hybridized carbons (Fsp3) is 0.550. The number of carbonyl (C=O) groups is 3. The summed E-state index contributed by atoms with van der Waals surface area (Å²) in [4.78, 5) is 38.6. The van der Waals surface area contributed by atoms with Crippen molar-refractivity contribution < 1.29 is 23.9 Å². The van der Waals surface area contributed by atoms with Crippen molar-refractivity contribution in [2.24, 2.45) is 0 Å². The fourth-order valence-corrected chi connectivity index (χ4v) is 3.20. The van der Waals surface area contributed by atoms with Gasteiger partial charge in [-0.1, -0.05) is 15.9 Å². The zero-order chi connectivity index (χ0) is 20.4. The predicted molar refractivity (Wildman–Crippen MR) is 105 cm³/mol. The highest BCUT2D eigenvalue weighted by atomic mass is 79.9. The lowest BCUT2D eigenvalue weighted by molar-refractivity contribution is -0.152. The Hall–Kier alpha value is -1.89. The second kappa shape index (κ2) is 8.42. The zero-order valence-corrected chi connectivity index (χ0v) is 18.0. The zero-order valence-electron chi connectivity index (χ0n) is 16.4. The largest absolute Gasteiger partial charge is 0.452 e. The number of esters is 1. The van der Waals surface area contributed by atoms with Crippen molar-refractivity contribution >= 4 is 33.8 Å². The van der Waals surface area contributed by atoms with Crippen LogP contribution in [0.5, 0.6) is 0 Å². The second-order valence-electron chi connectivity index (χ2n) is 7.75. The minimum Gasteiger partial charge on any atom is -0.452 e. The number of hydrogen-bond acceptors (Lipinski definition) is 5. The van der Waals surface area contributed by atoms with Gasteiger partial charge in [0.15, 0.2) is 6.10 Å². The number of fused-ring (bicyclic) bond motifs is 1. The summed E-state index contributed by atoms with van der Waals surface area (Å²) < 4.78 is 11.7. The Kier molecular flexibility index (Phi) is 6.68. The average Bonchev–Trinajstić information content (AvgIpc) is 2.71. The third kappa shape index (κ3) is 5.54. The molecule has 0 aliphatic heterocycles. The van der Waals surface area contributed by atoms with Crippen LogP contribution in [0.25, 0.3) is 0 Å². The van der Waals surface area contributed by atoms with Gasteiger partial charge in [0, 0.05) is 17.1 Å². The van der Waals surface area contributed by atoms with Gasteiger partial charge < -0.3 is 9.47 Å². The second-order valence-corrected chi connectivity index (χ2v) is 8.67. The average molecular weight is 440 g/mol. The molecule has 1 aromatic rings.